The lowest BCUT2D eigenvalue weighted by Crippen LogP contribution is -2.42. The standard InChI is InChI=1S/C27H39FN8O2/c1-16-9-11-18(12-10-16)15-36-21-22(29-17(2)19-6-5-7-19)30-24(25-33-27(37)38-34-25)31-23(21)32-26(36)35-13-4-3-8-20(35)14-28/h16-20H,3-15H2,1-2H3,(H,29,30,31)(H,33,34,37). The first kappa shape index (κ1) is 25.3. The van der Waals surface area contributed by atoms with E-state index in [0.717, 1.165) is 49.7 Å². The minimum absolute atomic E-state index is 0.174. The molecule has 2 N–H and O–H groups in total. The van der Waals surface area contributed by atoms with Gasteiger partial charge in [-0.25, -0.2) is 19.2 Å². The summed E-state index contributed by atoms with van der Waals surface area (Å²) in [6.45, 7) is 5.72. The highest BCUT2D eigenvalue weighted by atomic mass is 19.1. The van der Waals surface area contributed by atoms with Crippen LogP contribution in [0.2, 0.25) is 0 Å². The zero-order valence-electron chi connectivity index (χ0n) is 22.5. The Morgan fingerprint density at radius 1 is 1.08 bits per heavy atom. The van der Waals surface area contributed by atoms with Crippen molar-refractivity contribution in [1.29, 1.82) is 0 Å². The number of imidazole rings is 1. The Bertz CT molecular complexity index is 1310. The lowest BCUT2D eigenvalue weighted by molar-refractivity contribution is 0.265. The van der Waals surface area contributed by atoms with Crippen LogP contribution in [0.1, 0.15) is 78.1 Å². The number of aromatic nitrogens is 6. The second-order valence-electron chi connectivity index (χ2n) is 11.8. The number of nitrogens with zero attached hydrogens (tertiary/aromatic N) is 6. The van der Waals surface area contributed by atoms with E-state index in [2.05, 4.69) is 38.8 Å². The molecule has 3 aromatic heterocycles. The van der Waals surface area contributed by atoms with Crippen LogP contribution in [0.5, 0.6) is 0 Å². The summed E-state index contributed by atoms with van der Waals surface area (Å²) in [5.74, 6) is 3.12. The van der Waals surface area contributed by atoms with E-state index >= 15 is 0 Å². The number of fused-ring (bicyclic) bond motifs is 1. The predicted molar refractivity (Wildman–Crippen MR) is 144 cm³/mol. The Labute approximate surface area is 221 Å². The Kier molecular flexibility index (Phi) is 7.09. The second kappa shape index (κ2) is 10.6. The van der Waals surface area contributed by atoms with Crippen molar-refractivity contribution in [1.82, 2.24) is 29.7 Å². The van der Waals surface area contributed by atoms with Crippen LogP contribution in [0.3, 0.4) is 0 Å². The fourth-order valence-electron chi connectivity index (χ4n) is 6.42. The Hall–Kier alpha value is -2.98. The molecule has 1 aliphatic heterocycles. The van der Waals surface area contributed by atoms with E-state index in [1.165, 1.54) is 44.9 Å². The molecule has 0 spiro atoms. The maximum Gasteiger partial charge on any atom is 0.439 e. The van der Waals surface area contributed by atoms with Gasteiger partial charge in [-0.2, -0.15) is 4.98 Å². The third kappa shape index (κ3) is 4.91. The number of halogens is 1. The number of nitrogens with one attached hydrogen (secondary N) is 2. The van der Waals surface area contributed by atoms with Crippen LogP contribution in [0, 0.1) is 17.8 Å². The maximum absolute atomic E-state index is 14.2. The van der Waals surface area contributed by atoms with Gasteiger partial charge in [-0.3, -0.25) is 9.51 Å². The summed E-state index contributed by atoms with van der Waals surface area (Å²) in [4.78, 5) is 31.0. The monoisotopic (exact) mass is 526 g/mol. The fraction of sp³-hybridized carbons (Fsp3) is 0.741. The van der Waals surface area contributed by atoms with Gasteiger partial charge >= 0.3 is 5.76 Å². The average molecular weight is 527 g/mol. The van der Waals surface area contributed by atoms with Crippen LogP contribution in [0.4, 0.5) is 16.2 Å². The molecule has 3 aliphatic rings. The molecule has 2 atom stereocenters. The molecule has 1 saturated heterocycles. The zero-order chi connectivity index (χ0) is 26.2. The van der Waals surface area contributed by atoms with Crippen molar-refractivity contribution in [2.45, 2.75) is 96.7 Å². The van der Waals surface area contributed by atoms with Crippen LogP contribution >= 0.6 is 0 Å². The normalized spacial score (nSPS) is 25.4. The van der Waals surface area contributed by atoms with Gasteiger partial charge in [-0.05, 0) is 69.6 Å². The minimum Gasteiger partial charge on any atom is -0.365 e. The molecule has 3 fully saturated rings. The molecule has 0 bridgehead atoms. The van der Waals surface area contributed by atoms with E-state index in [-0.39, 0.29) is 23.7 Å². The molecule has 38 heavy (non-hydrogen) atoms. The zero-order valence-corrected chi connectivity index (χ0v) is 22.5. The number of alkyl halides is 1. The summed E-state index contributed by atoms with van der Waals surface area (Å²) in [6.07, 6.45) is 11.3. The van der Waals surface area contributed by atoms with Crippen LogP contribution in [0.15, 0.2) is 9.32 Å². The van der Waals surface area contributed by atoms with Crippen molar-refractivity contribution < 1.29 is 8.91 Å². The summed E-state index contributed by atoms with van der Waals surface area (Å²) in [7, 11) is 0. The van der Waals surface area contributed by atoms with Crippen LogP contribution in [-0.4, -0.2) is 55.0 Å². The van der Waals surface area contributed by atoms with E-state index in [4.69, 9.17) is 19.5 Å². The quantitative estimate of drug-likeness (QED) is 0.424. The van der Waals surface area contributed by atoms with Crippen molar-refractivity contribution in [3.05, 3.63) is 10.6 Å². The molecule has 0 aromatic carbocycles. The topological polar surface area (TPSA) is 118 Å². The molecule has 2 saturated carbocycles. The Balaban J connectivity index is 1.49. The minimum atomic E-state index is -0.655. The van der Waals surface area contributed by atoms with E-state index in [9.17, 15) is 9.18 Å². The first-order valence-corrected chi connectivity index (χ1v) is 14.4. The molecule has 11 heteroatoms. The lowest BCUT2D eigenvalue weighted by atomic mass is 9.80. The van der Waals surface area contributed by atoms with Crippen molar-refractivity contribution in [2.24, 2.45) is 17.8 Å². The molecule has 0 radical (unpaired) electrons. The van der Waals surface area contributed by atoms with E-state index in [1.807, 2.05) is 0 Å². The van der Waals surface area contributed by atoms with Crippen molar-refractivity contribution >= 4 is 22.9 Å². The number of anilines is 2. The van der Waals surface area contributed by atoms with E-state index in [0.29, 0.717) is 23.3 Å². The summed E-state index contributed by atoms with van der Waals surface area (Å²) in [5.41, 5.74) is 1.38. The van der Waals surface area contributed by atoms with Crippen LogP contribution in [0.25, 0.3) is 22.8 Å². The highest BCUT2D eigenvalue weighted by molar-refractivity contribution is 5.87. The van der Waals surface area contributed by atoms with Gasteiger partial charge in [0.2, 0.25) is 17.6 Å². The smallest absolute Gasteiger partial charge is 0.365 e. The van der Waals surface area contributed by atoms with Gasteiger partial charge in [0, 0.05) is 19.1 Å². The predicted octanol–water partition coefficient (Wildman–Crippen LogP) is 4.92. The van der Waals surface area contributed by atoms with Crippen molar-refractivity contribution in [2.75, 3.05) is 23.4 Å². The molecule has 2 unspecified atom stereocenters. The van der Waals surface area contributed by atoms with E-state index < -0.39 is 12.4 Å². The molecule has 3 aromatic rings. The molecule has 0 amide bonds. The molecule has 10 nitrogen and oxygen atoms in total. The largest absolute Gasteiger partial charge is 0.439 e. The number of hydrogen-bond donors (Lipinski definition) is 2. The molecular formula is C27H39FN8O2. The third-order valence-electron chi connectivity index (χ3n) is 9.09. The highest BCUT2D eigenvalue weighted by Crippen LogP contribution is 2.37. The third-order valence-corrected chi connectivity index (χ3v) is 9.09. The maximum atomic E-state index is 14.2. The summed E-state index contributed by atoms with van der Waals surface area (Å²) >= 11 is 0. The van der Waals surface area contributed by atoms with Crippen molar-refractivity contribution in [3.8, 4) is 11.6 Å². The SMILES string of the molecule is CC1CCC(Cn2c(N3CCCCC3CF)nc3nc(-c4noc(=O)[nH]4)nc(NC(C)C4CCC4)c32)CC1. The number of hydrogen-bond acceptors (Lipinski definition) is 8. The molecule has 206 valence electrons. The number of rotatable bonds is 8. The van der Waals surface area contributed by atoms with E-state index in [1.54, 1.807) is 0 Å². The summed E-state index contributed by atoms with van der Waals surface area (Å²) in [5, 5.41) is 7.51. The molecule has 2 aliphatic carbocycles. The first-order valence-electron chi connectivity index (χ1n) is 14.4. The molecule has 6 rings (SSSR count). The summed E-state index contributed by atoms with van der Waals surface area (Å²) < 4.78 is 21.2. The van der Waals surface area contributed by atoms with Gasteiger partial charge in [0.25, 0.3) is 0 Å². The molecule has 4 heterocycles. The average Bonchev–Trinajstić information content (AvgIpc) is 3.48. The molecular weight excluding hydrogens is 487 g/mol. The highest BCUT2D eigenvalue weighted by Gasteiger charge is 2.32. The van der Waals surface area contributed by atoms with Crippen LogP contribution < -0.4 is 16.0 Å². The Morgan fingerprint density at radius 2 is 1.89 bits per heavy atom. The first-order chi connectivity index (χ1) is 18.5. The van der Waals surface area contributed by atoms with Gasteiger partial charge in [0.15, 0.2) is 11.5 Å². The fourth-order valence-corrected chi connectivity index (χ4v) is 6.42. The number of aromatic amines is 1. The number of H-pyrrole nitrogens is 1. The lowest BCUT2D eigenvalue weighted by Gasteiger charge is -2.36. The van der Waals surface area contributed by atoms with Gasteiger partial charge in [-0.1, -0.05) is 31.3 Å². The van der Waals surface area contributed by atoms with Gasteiger partial charge in [0.05, 0.1) is 6.04 Å². The van der Waals surface area contributed by atoms with Gasteiger partial charge in [-0.15, -0.1) is 0 Å². The van der Waals surface area contributed by atoms with Crippen LogP contribution in [-0.2, 0) is 6.54 Å². The van der Waals surface area contributed by atoms with Gasteiger partial charge in [0.1, 0.15) is 12.2 Å². The van der Waals surface area contributed by atoms with Gasteiger partial charge < -0.3 is 14.8 Å². The Morgan fingerprint density at radius 3 is 2.58 bits per heavy atom. The summed E-state index contributed by atoms with van der Waals surface area (Å²) in [6, 6.07) is 0.0392. The number of piperidine rings is 1. The second-order valence-corrected chi connectivity index (χ2v) is 11.8. The van der Waals surface area contributed by atoms with Crippen molar-refractivity contribution in [3.63, 3.8) is 0 Å².